The number of fused-ring (bicyclic) bond motifs is 1. The van der Waals surface area contributed by atoms with Crippen LogP contribution >= 0.6 is 11.3 Å². The zero-order valence-electron chi connectivity index (χ0n) is 14.3. The predicted molar refractivity (Wildman–Crippen MR) is 98.2 cm³/mol. The second-order valence-corrected chi connectivity index (χ2v) is 7.00. The van der Waals surface area contributed by atoms with E-state index in [-0.39, 0.29) is 12.5 Å². The van der Waals surface area contributed by atoms with Crippen molar-refractivity contribution >= 4 is 28.5 Å². The van der Waals surface area contributed by atoms with Crippen LogP contribution in [0.15, 0.2) is 18.2 Å². The van der Waals surface area contributed by atoms with Crippen LogP contribution in [0.25, 0.3) is 0 Å². The third-order valence-corrected chi connectivity index (χ3v) is 5.43. The summed E-state index contributed by atoms with van der Waals surface area (Å²) in [6.07, 6.45) is 4.72. The van der Waals surface area contributed by atoms with E-state index in [2.05, 4.69) is 11.4 Å². The molecule has 7 heteroatoms. The van der Waals surface area contributed by atoms with Gasteiger partial charge < -0.3 is 14.8 Å². The molecular weight excluding hydrogens is 352 g/mol. The average Bonchev–Trinajstić information content (AvgIpc) is 3.02. The zero-order valence-corrected chi connectivity index (χ0v) is 15.1. The van der Waals surface area contributed by atoms with Gasteiger partial charge in [0.1, 0.15) is 17.4 Å². The molecule has 0 aliphatic heterocycles. The molecule has 0 radical (unpaired) electrons. The Morgan fingerprint density at radius 3 is 2.88 bits per heavy atom. The number of nitrogens with zero attached hydrogens (tertiary/aromatic N) is 1. The first-order chi connectivity index (χ1) is 12.7. The lowest BCUT2D eigenvalue weighted by Crippen LogP contribution is -2.20. The number of nitriles is 1. The van der Waals surface area contributed by atoms with Gasteiger partial charge in [0.15, 0.2) is 18.1 Å². The van der Waals surface area contributed by atoms with Crippen LogP contribution in [0.4, 0.5) is 5.00 Å². The molecular formula is C19H18N2O4S. The molecule has 0 saturated heterocycles. The first-order valence-corrected chi connectivity index (χ1v) is 9.08. The van der Waals surface area contributed by atoms with Crippen LogP contribution in [0.2, 0.25) is 0 Å². The van der Waals surface area contributed by atoms with Gasteiger partial charge in [0, 0.05) is 10.4 Å². The number of carbonyl (C=O) groups excluding carboxylic acids is 2. The average molecular weight is 370 g/mol. The molecule has 26 heavy (non-hydrogen) atoms. The number of amides is 1. The summed E-state index contributed by atoms with van der Waals surface area (Å²) in [5.74, 6) is 0.393. The zero-order chi connectivity index (χ0) is 18.5. The van der Waals surface area contributed by atoms with Crippen LogP contribution in [0, 0.1) is 11.3 Å². The van der Waals surface area contributed by atoms with E-state index in [0.717, 1.165) is 31.2 Å². The second-order valence-electron chi connectivity index (χ2n) is 5.89. The molecule has 0 fully saturated rings. The fourth-order valence-electron chi connectivity index (χ4n) is 2.96. The molecule has 134 valence electrons. The molecule has 1 amide bonds. The highest BCUT2D eigenvalue weighted by molar-refractivity contribution is 7.16. The molecule has 3 rings (SSSR count). The molecule has 1 aromatic carbocycles. The third kappa shape index (κ3) is 3.70. The highest BCUT2D eigenvalue weighted by atomic mass is 32.1. The maximum Gasteiger partial charge on any atom is 0.262 e. The van der Waals surface area contributed by atoms with Crippen molar-refractivity contribution in [3.63, 3.8) is 0 Å². The number of rotatable bonds is 6. The van der Waals surface area contributed by atoms with Gasteiger partial charge in [-0.05, 0) is 49.4 Å². The van der Waals surface area contributed by atoms with Crippen molar-refractivity contribution in [2.75, 3.05) is 19.0 Å². The topological polar surface area (TPSA) is 88.4 Å². The minimum atomic E-state index is -0.362. The summed E-state index contributed by atoms with van der Waals surface area (Å²) in [5.41, 5.74) is 2.07. The Balaban J connectivity index is 1.70. The van der Waals surface area contributed by atoms with E-state index in [9.17, 15) is 14.9 Å². The van der Waals surface area contributed by atoms with Crippen LogP contribution in [0.3, 0.4) is 0 Å². The summed E-state index contributed by atoms with van der Waals surface area (Å²) < 4.78 is 10.7. The van der Waals surface area contributed by atoms with Crippen molar-refractivity contribution in [1.82, 2.24) is 0 Å². The number of ether oxygens (including phenoxy) is 2. The quantitative estimate of drug-likeness (QED) is 0.788. The van der Waals surface area contributed by atoms with Crippen molar-refractivity contribution in [3.8, 4) is 17.6 Å². The number of aryl methyl sites for hydroxylation is 1. The van der Waals surface area contributed by atoms with Gasteiger partial charge in [0.2, 0.25) is 0 Å². The molecule has 0 bridgehead atoms. The van der Waals surface area contributed by atoms with Crippen LogP contribution in [-0.2, 0) is 17.6 Å². The van der Waals surface area contributed by atoms with Gasteiger partial charge in [0.25, 0.3) is 5.91 Å². The van der Waals surface area contributed by atoms with E-state index in [1.54, 1.807) is 12.1 Å². The molecule has 1 aromatic heterocycles. The summed E-state index contributed by atoms with van der Waals surface area (Å²) in [5, 5.41) is 12.8. The molecule has 0 spiro atoms. The molecule has 2 aromatic rings. The predicted octanol–water partition coefficient (Wildman–Crippen LogP) is 3.34. The third-order valence-electron chi connectivity index (χ3n) is 4.22. The summed E-state index contributed by atoms with van der Waals surface area (Å²) in [4.78, 5) is 24.4. The normalized spacial score (nSPS) is 12.6. The largest absolute Gasteiger partial charge is 0.493 e. The van der Waals surface area contributed by atoms with E-state index < -0.39 is 0 Å². The number of aldehydes is 1. The van der Waals surface area contributed by atoms with Gasteiger partial charge in [-0.15, -0.1) is 11.3 Å². The van der Waals surface area contributed by atoms with Crippen molar-refractivity contribution in [2.24, 2.45) is 0 Å². The number of anilines is 1. The first kappa shape index (κ1) is 18.0. The summed E-state index contributed by atoms with van der Waals surface area (Å²) in [6, 6.07) is 6.94. The monoisotopic (exact) mass is 370 g/mol. The van der Waals surface area contributed by atoms with Gasteiger partial charge in [-0.1, -0.05) is 0 Å². The van der Waals surface area contributed by atoms with E-state index >= 15 is 0 Å². The minimum Gasteiger partial charge on any atom is -0.493 e. The van der Waals surface area contributed by atoms with Crippen molar-refractivity contribution < 1.29 is 19.1 Å². The fraction of sp³-hybridized carbons (Fsp3) is 0.316. The second kappa shape index (κ2) is 8.02. The van der Waals surface area contributed by atoms with Crippen molar-refractivity contribution in [2.45, 2.75) is 25.7 Å². The Bertz CT molecular complexity index is 882. The molecule has 0 atom stereocenters. The summed E-state index contributed by atoms with van der Waals surface area (Å²) in [6.45, 7) is -0.244. The first-order valence-electron chi connectivity index (χ1n) is 8.26. The lowest BCUT2D eigenvalue weighted by Gasteiger charge is -2.11. The number of benzene rings is 1. The lowest BCUT2D eigenvalue weighted by atomic mass is 9.96. The number of hydrogen-bond donors (Lipinski definition) is 1. The number of thiophene rings is 1. The standard InChI is InChI=1S/C19H18N2O4S/c1-24-15-7-6-12(10-22)8-16(15)25-11-18(23)21-19-14(9-20)13-4-2-3-5-17(13)26-19/h6-8,10H,2-5,11H2,1H3,(H,21,23). The van der Waals surface area contributed by atoms with E-state index in [1.807, 2.05) is 0 Å². The smallest absolute Gasteiger partial charge is 0.262 e. The molecule has 0 saturated carbocycles. The fourth-order valence-corrected chi connectivity index (χ4v) is 4.21. The number of hydrogen-bond acceptors (Lipinski definition) is 6. The number of carbonyl (C=O) groups is 2. The highest BCUT2D eigenvalue weighted by Crippen LogP contribution is 2.37. The van der Waals surface area contributed by atoms with Crippen LogP contribution in [0.1, 0.15) is 39.2 Å². The van der Waals surface area contributed by atoms with Crippen molar-refractivity contribution in [1.29, 1.82) is 5.26 Å². The van der Waals surface area contributed by atoms with Crippen LogP contribution in [-0.4, -0.2) is 25.9 Å². The maximum atomic E-state index is 12.3. The summed E-state index contributed by atoms with van der Waals surface area (Å²) in [7, 11) is 1.48. The molecule has 1 heterocycles. The Hall–Kier alpha value is -2.85. The van der Waals surface area contributed by atoms with Gasteiger partial charge >= 0.3 is 0 Å². The Kier molecular flexibility index (Phi) is 5.54. The van der Waals surface area contributed by atoms with Crippen LogP contribution < -0.4 is 14.8 Å². The SMILES string of the molecule is COc1ccc(C=O)cc1OCC(=O)Nc1sc2c(c1C#N)CCCC2. The molecule has 1 N–H and O–H groups in total. The van der Waals surface area contributed by atoms with Gasteiger partial charge in [0.05, 0.1) is 12.7 Å². The van der Waals surface area contributed by atoms with Gasteiger partial charge in [-0.2, -0.15) is 5.26 Å². The van der Waals surface area contributed by atoms with Gasteiger partial charge in [-0.25, -0.2) is 0 Å². The molecule has 6 nitrogen and oxygen atoms in total. The lowest BCUT2D eigenvalue weighted by molar-refractivity contribution is -0.118. The molecule has 1 aliphatic carbocycles. The Morgan fingerprint density at radius 2 is 2.15 bits per heavy atom. The Labute approximate surface area is 155 Å². The summed E-state index contributed by atoms with van der Waals surface area (Å²) >= 11 is 1.47. The number of methoxy groups -OCH3 is 1. The van der Waals surface area contributed by atoms with Gasteiger partial charge in [-0.3, -0.25) is 9.59 Å². The van der Waals surface area contributed by atoms with E-state index in [0.29, 0.717) is 33.9 Å². The van der Waals surface area contributed by atoms with E-state index in [4.69, 9.17) is 9.47 Å². The van der Waals surface area contributed by atoms with Crippen LogP contribution in [0.5, 0.6) is 11.5 Å². The minimum absolute atomic E-state index is 0.244. The number of nitrogens with one attached hydrogen (secondary N) is 1. The maximum absolute atomic E-state index is 12.3. The molecule has 1 aliphatic rings. The van der Waals surface area contributed by atoms with Crippen molar-refractivity contribution in [3.05, 3.63) is 39.8 Å². The highest BCUT2D eigenvalue weighted by Gasteiger charge is 2.22. The van der Waals surface area contributed by atoms with E-state index in [1.165, 1.54) is 29.4 Å². The Morgan fingerprint density at radius 1 is 1.35 bits per heavy atom. The molecule has 0 unspecified atom stereocenters.